The molecule has 0 aliphatic heterocycles. The molecule has 224 valence electrons. The zero-order valence-corrected chi connectivity index (χ0v) is 25.8. The topological polar surface area (TPSA) is 48.5 Å². The highest BCUT2D eigenvalue weighted by Gasteiger charge is 2.22. The van der Waals surface area contributed by atoms with E-state index in [1.165, 1.54) is 21.9 Å². The summed E-state index contributed by atoms with van der Waals surface area (Å²) in [6, 6.07) is 55.2. The van der Waals surface area contributed by atoms with Crippen LogP contribution in [0.1, 0.15) is 0 Å². The van der Waals surface area contributed by atoms with E-state index >= 15 is 0 Å². The molecule has 0 radical (unpaired) electrons. The monoisotopic (exact) mass is 613 g/mol. The van der Waals surface area contributed by atoms with Gasteiger partial charge in [-0.05, 0) is 59.7 Å². The van der Waals surface area contributed by atoms with E-state index in [-0.39, 0.29) is 0 Å². The summed E-state index contributed by atoms with van der Waals surface area (Å²) in [7, 11) is 0. The van der Waals surface area contributed by atoms with Gasteiger partial charge in [0.1, 0.15) is 5.65 Å². The third-order valence-corrected chi connectivity index (χ3v) is 9.40. The third-order valence-electron chi connectivity index (χ3n) is 9.40. The van der Waals surface area contributed by atoms with Gasteiger partial charge in [-0.2, -0.15) is 0 Å². The van der Waals surface area contributed by atoms with Crippen LogP contribution in [0.5, 0.6) is 0 Å². The van der Waals surface area contributed by atoms with Crippen molar-refractivity contribution in [2.75, 3.05) is 0 Å². The van der Waals surface area contributed by atoms with Crippen LogP contribution in [0.2, 0.25) is 0 Å². The Balaban J connectivity index is 1.27. The van der Waals surface area contributed by atoms with Gasteiger partial charge in [-0.1, -0.05) is 109 Å². The molecule has 4 heterocycles. The fourth-order valence-electron chi connectivity index (χ4n) is 7.29. The second kappa shape index (κ2) is 10.5. The predicted octanol–water partition coefficient (Wildman–Crippen LogP) is 10.6. The summed E-state index contributed by atoms with van der Waals surface area (Å²) in [5, 5.41) is 5.61. The first-order valence-corrected chi connectivity index (χ1v) is 16.1. The zero-order valence-electron chi connectivity index (χ0n) is 25.8. The van der Waals surface area contributed by atoms with Crippen molar-refractivity contribution < 1.29 is 0 Å². The van der Waals surface area contributed by atoms with E-state index in [4.69, 9.17) is 15.0 Å². The van der Waals surface area contributed by atoms with Crippen LogP contribution in [0.15, 0.2) is 164 Å². The fraction of sp³-hybridized carbons (Fsp3) is 0. The van der Waals surface area contributed by atoms with Gasteiger partial charge in [0, 0.05) is 44.4 Å². The summed E-state index contributed by atoms with van der Waals surface area (Å²) >= 11 is 0. The second-order valence-electron chi connectivity index (χ2n) is 12.1. The first kappa shape index (κ1) is 26.6. The van der Waals surface area contributed by atoms with Crippen LogP contribution in [0.25, 0.3) is 88.7 Å². The van der Waals surface area contributed by atoms with Crippen LogP contribution in [0.4, 0.5) is 0 Å². The lowest BCUT2D eigenvalue weighted by Crippen LogP contribution is -2.04. The Kier molecular flexibility index (Phi) is 5.81. The van der Waals surface area contributed by atoms with E-state index in [2.05, 4.69) is 143 Å². The van der Waals surface area contributed by atoms with E-state index in [1.54, 1.807) is 0 Å². The normalized spacial score (nSPS) is 11.8. The van der Waals surface area contributed by atoms with Crippen LogP contribution >= 0.6 is 0 Å². The minimum Gasteiger partial charge on any atom is -0.309 e. The highest BCUT2D eigenvalue weighted by atomic mass is 15.2. The molecule has 6 aromatic carbocycles. The average Bonchev–Trinajstić information content (AvgIpc) is 3.68. The van der Waals surface area contributed by atoms with Crippen LogP contribution < -0.4 is 0 Å². The number of nitrogens with zero attached hydrogens (tertiary/aromatic N) is 5. The molecular formula is C43H27N5. The molecule has 0 unspecified atom stereocenters. The molecule has 0 saturated heterocycles. The first-order chi connectivity index (χ1) is 23.8. The Morgan fingerprint density at radius 2 is 1.00 bits per heavy atom. The summed E-state index contributed by atoms with van der Waals surface area (Å²) < 4.78 is 4.50. The van der Waals surface area contributed by atoms with Crippen molar-refractivity contribution >= 4 is 54.6 Å². The van der Waals surface area contributed by atoms with Crippen molar-refractivity contribution in [2.45, 2.75) is 0 Å². The molecule has 4 aromatic heterocycles. The SMILES string of the molecule is c1ccc(-c2ccc(-n3c4ccccc4c4c5c6cccnc6n(-c6nc(-c7ccccc7)c7ccccc7n6)c5ccc43)cc2)cc1. The predicted molar refractivity (Wildman–Crippen MR) is 197 cm³/mol. The molecule has 5 nitrogen and oxygen atoms in total. The molecule has 0 aliphatic rings. The maximum absolute atomic E-state index is 5.25. The van der Waals surface area contributed by atoms with Crippen molar-refractivity contribution in [2.24, 2.45) is 0 Å². The second-order valence-corrected chi connectivity index (χ2v) is 12.1. The van der Waals surface area contributed by atoms with Gasteiger partial charge in [-0.3, -0.25) is 4.57 Å². The summed E-state index contributed by atoms with van der Waals surface area (Å²) in [6.45, 7) is 0. The number of hydrogen-bond donors (Lipinski definition) is 0. The van der Waals surface area contributed by atoms with Gasteiger partial charge in [0.2, 0.25) is 5.95 Å². The Labute approximate surface area is 276 Å². The van der Waals surface area contributed by atoms with E-state index in [0.29, 0.717) is 5.95 Å². The molecule has 0 saturated carbocycles. The van der Waals surface area contributed by atoms with Gasteiger partial charge in [0.15, 0.2) is 0 Å². The highest BCUT2D eigenvalue weighted by Crippen LogP contribution is 2.42. The quantitative estimate of drug-likeness (QED) is 0.198. The molecular weight excluding hydrogens is 587 g/mol. The minimum atomic E-state index is 0.603. The molecule has 0 bridgehead atoms. The maximum Gasteiger partial charge on any atom is 0.237 e. The number of pyridine rings is 1. The maximum atomic E-state index is 5.25. The Hall–Kier alpha value is -6.59. The molecule has 0 N–H and O–H groups in total. The molecule has 0 spiro atoms. The lowest BCUT2D eigenvalue weighted by Gasteiger charge is -2.11. The van der Waals surface area contributed by atoms with Gasteiger partial charge in [-0.15, -0.1) is 0 Å². The molecule has 0 fully saturated rings. The molecule has 0 aliphatic carbocycles. The highest BCUT2D eigenvalue weighted by molar-refractivity contribution is 6.28. The van der Waals surface area contributed by atoms with E-state index in [9.17, 15) is 0 Å². The largest absolute Gasteiger partial charge is 0.309 e. The average molecular weight is 614 g/mol. The van der Waals surface area contributed by atoms with Gasteiger partial charge in [0.05, 0.1) is 27.8 Å². The van der Waals surface area contributed by atoms with Crippen LogP contribution in [0.3, 0.4) is 0 Å². The van der Waals surface area contributed by atoms with Crippen LogP contribution in [0, 0.1) is 0 Å². The Bertz CT molecular complexity index is 2810. The van der Waals surface area contributed by atoms with Crippen molar-refractivity contribution in [3.63, 3.8) is 0 Å². The van der Waals surface area contributed by atoms with Gasteiger partial charge >= 0.3 is 0 Å². The van der Waals surface area contributed by atoms with E-state index in [1.807, 2.05) is 30.5 Å². The smallest absolute Gasteiger partial charge is 0.237 e. The van der Waals surface area contributed by atoms with Crippen molar-refractivity contribution in [3.05, 3.63) is 164 Å². The zero-order chi connectivity index (χ0) is 31.6. The lowest BCUT2D eigenvalue weighted by atomic mass is 10.1. The lowest BCUT2D eigenvalue weighted by molar-refractivity contribution is 0.998. The molecule has 10 rings (SSSR count). The van der Waals surface area contributed by atoms with E-state index < -0.39 is 0 Å². The van der Waals surface area contributed by atoms with Gasteiger partial charge in [-0.25, -0.2) is 15.0 Å². The number of rotatable bonds is 4. The molecule has 0 atom stereocenters. The number of aromatic nitrogens is 5. The molecule has 10 aromatic rings. The van der Waals surface area contributed by atoms with Crippen LogP contribution in [-0.4, -0.2) is 24.1 Å². The molecule has 5 heteroatoms. The Morgan fingerprint density at radius 3 is 1.79 bits per heavy atom. The first-order valence-electron chi connectivity index (χ1n) is 16.1. The van der Waals surface area contributed by atoms with Crippen molar-refractivity contribution in [1.82, 2.24) is 24.1 Å². The number of para-hydroxylation sites is 2. The Morgan fingerprint density at radius 1 is 0.396 bits per heavy atom. The minimum absolute atomic E-state index is 0.603. The van der Waals surface area contributed by atoms with Gasteiger partial charge in [0.25, 0.3) is 0 Å². The third kappa shape index (κ3) is 3.94. The summed E-state index contributed by atoms with van der Waals surface area (Å²) in [4.78, 5) is 15.3. The number of benzene rings is 6. The van der Waals surface area contributed by atoms with Crippen LogP contribution in [-0.2, 0) is 0 Å². The standard InChI is InChI=1S/C43H27N5/c1-3-12-28(13-4-1)29-21-23-31(24-22-29)47-36-20-10-8-17-33(36)39-37(47)25-26-38-40(39)34-18-11-27-44-42(34)48(38)43-45-35-19-9-7-16-32(35)41(46-43)30-14-5-2-6-15-30/h1-27H. The molecule has 0 amide bonds. The van der Waals surface area contributed by atoms with E-state index in [0.717, 1.165) is 60.8 Å². The summed E-state index contributed by atoms with van der Waals surface area (Å²) in [6.07, 6.45) is 1.85. The fourth-order valence-corrected chi connectivity index (χ4v) is 7.29. The number of hydrogen-bond acceptors (Lipinski definition) is 3. The van der Waals surface area contributed by atoms with Crippen molar-refractivity contribution in [3.8, 4) is 34.0 Å². The molecule has 48 heavy (non-hydrogen) atoms. The van der Waals surface area contributed by atoms with Crippen molar-refractivity contribution in [1.29, 1.82) is 0 Å². The summed E-state index contributed by atoms with van der Waals surface area (Å²) in [5.74, 6) is 0.603. The summed E-state index contributed by atoms with van der Waals surface area (Å²) in [5.41, 5.74) is 10.5. The van der Waals surface area contributed by atoms with Gasteiger partial charge < -0.3 is 4.57 Å². The number of fused-ring (bicyclic) bond motifs is 8.